The van der Waals surface area contributed by atoms with E-state index in [4.69, 9.17) is 34.7 Å². The third-order valence-electron chi connectivity index (χ3n) is 1.95. The van der Waals surface area contributed by atoms with Gasteiger partial charge in [0.05, 0.1) is 10.0 Å². The van der Waals surface area contributed by atoms with Gasteiger partial charge in [-0.3, -0.25) is 4.79 Å². The molecule has 0 aliphatic carbocycles. The zero-order chi connectivity index (χ0) is 13.9. The predicted molar refractivity (Wildman–Crippen MR) is 69.9 cm³/mol. The quantitative estimate of drug-likeness (QED) is 0.695. The molecule has 0 atom stereocenters. The normalized spacial score (nSPS) is 11.4. The second-order valence-electron chi connectivity index (χ2n) is 3.43. The SMILES string of the molecule is NC(=O)CCNS(=O)(=O)c1c(Cl)cc(N)cc1Cl. The fourth-order valence-corrected chi connectivity index (χ4v) is 3.48. The molecule has 0 spiro atoms. The first-order valence-corrected chi connectivity index (χ1v) is 7.00. The molecule has 0 saturated heterocycles. The zero-order valence-corrected chi connectivity index (χ0v) is 11.4. The molecule has 5 N–H and O–H groups in total. The van der Waals surface area contributed by atoms with Crippen LogP contribution >= 0.6 is 23.2 Å². The van der Waals surface area contributed by atoms with Gasteiger partial charge in [-0.1, -0.05) is 23.2 Å². The molecule has 0 fully saturated rings. The van der Waals surface area contributed by atoms with Gasteiger partial charge >= 0.3 is 0 Å². The Hall–Kier alpha value is -1.02. The van der Waals surface area contributed by atoms with E-state index >= 15 is 0 Å². The number of rotatable bonds is 5. The van der Waals surface area contributed by atoms with E-state index in [9.17, 15) is 13.2 Å². The molecule has 6 nitrogen and oxygen atoms in total. The number of primary amides is 1. The molecule has 0 radical (unpaired) electrons. The summed E-state index contributed by atoms with van der Waals surface area (Å²) in [7, 11) is -3.91. The van der Waals surface area contributed by atoms with Crippen LogP contribution in [0.25, 0.3) is 0 Å². The number of amides is 1. The van der Waals surface area contributed by atoms with Gasteiger partial charge in [-0.05, 0) is 12.1 Å². The van der Waals surface area contributed by atoms with Gasteiger partial charge in [0.1, 0.15) is 4.90 Å². The van der Waals surface area contributed by atoms with Crippen LogP contribution in [0.3, 0.4) is 0 Å². The minimum atomic E-state index is -3.91. The smallest absolute Gasteiger partial charge is 0.243 e. The lowest BCUT2D eigenvalue weighted by molar-refractivity contribution is -0.117. The molecule has 0 saturated carbocycles. The van der Waals surface area contributed by atoms with Crippen LogP contribution in [-0.4, -0.2) is 20.9 Å². The van der Waals surface area contributed by atoms with Crippen molar-refractivity contribution in [2.24, 2.45) is 5.73 Å². The molecule has 1 amide bonds. The lowest BCUT2D eigenvalue weighted by Crippen LogP contribution is -2.28. The maximum atomic E-state index is 11.9. The van der Waals surface area contributed by atoms with Gasteiger partial charge in [-0.15, -0.1) is 0 Å². The molecule has 0 aliphatic heterocycles. The molecule has 1 rings (SSSR count). The van der Waals surface area contributed by atoms with Crippen molar-refractivity contribution in [2.75, 3.05) is 12.3 Å². The second-order valence-corrected chi connectivity index (χ2v) is 5.95. The van der Waals surface area contributed by atoms with E-state index < -0.39 is 15.9 Å². The number of carbonyl (C=O) groups is 1. The number of anilines is 1. The van der Waals surface area contributed by atoms with Crippen molar-refractivity contribution < 1.29 is 13.2 Å². The Morgan fingerprint density at radius 1 is 1.28 bits per heavy atom. The first-order chi connectivity index (χ1) is 8.24. The summed E-state index contributed by atoms with van der Waals surface area (Å²) in [6.45, 7) is -0.130. The van der Waals surface area contributed by atoms with Crippen molar-refractivity contribution in [3.63, 3.8) is 0 Å². The summed E-state index contributed by atoms with van der Waals surface area (Å²) in [4.78, 5) is 10.2. The monoisotopic (exact) mass is 311 g/mol. The van der Waals surface area contributed by atoms with Crippen molar-refractivity contribution in [3.8, 4) is 0 Å². The molecule has 9 heteroatoms. The zero-order valence-electron chi connectivity index (χ0n) is 9.11. The van der Waals surface area contributed by atoms with Gasteiger partial charge in [-0.2, -0.15) is 0 Å². The van der Waals surface area contributed by atoms with Crippen molar-refractivity contribution in [1.82, 2.24) is 4.72 Å². The number of nitrogens with one attached hydrogen (secondary N) is 1. The van der Waals surface area contributed by atoms with Crippen LogP contribution < -0.4 is 16.2 Å². The fourth-order valence-electron chi connectivity index (χ4n) is 1.22. The van der Waals surface area contributed by atoms with Crippen LogP contribution in [-0.2, 0) is 14.8 Å². The van der Waals surface area contributed by atoms with E-state index in [1.165, 1.54) is 12.1 Å². The molecule has 0 bridgehead atoms. The lowest BCUT2D eigenvalue weighted by atomic mass is 10.3. The van der Waals surface area contributed by atoms with Crippen LogP contribution in [0.4, 0.5) is 5.69 Å². The van der Waals surface area contributed by atoms with Gasteiger partial charge in [0, 0.05) is 18.7 Å². The highest BCUT2D eigenvalue weighted by Gasteiger charge is 2.22. The lowest BCUT2D eigenvalue weighted by Gasteiger charge is -2.10. The standard InChI is InChI=1S/C9H11Cl2N3O3S/c10-6-3-5(12)4-7(11)9(6)18(16,17)14-2-1-8(13)15/h3-4,14H,1-2,12H2,(H2,13,15). The van der Waals surface area contributed by atoms with E-state index in [0.29, 0.717) is 0 Å². The molecule has 1 aromatic carbocycles. The van der Waals surface area contributed by atoms with Gasteiger partial charge in [0.2, 0.25) is 15.9 Å². The summed E-state index contributed by atoms with van der Waals surface area (Å²) in [5.74, 6) is -0.618. The molecular formula is C9H11Cl2N3O3S. The maximum absolute atomic E-state index is 11.9. The third kappa shape index (κ3) is 3.74. The number of sulfonamides is 1. The molecule has 18 heavy (non-hydrogen) atoms. The molecular weight excluding hydrogens is 301 g/mol. The Balaban J connectivity index is 3.02. The number of halogens is 2. The van der Waals surface area contributed by atoms with Gasteiger partial charge < -0.3 is 11.5 Å². The Bertz CT molecular complexity index is 551. The Labute approximate surface area is 114 Å². The minimum Gasteiger partial charge on any atom is -0.399 e. The van der Waals surface area contributed by atoms with E-state index in [1.54, 1.807) is 0 Å². The second kappa shape index (κ2) is 5.75. The summed E-state index contributed by atoms with van der Waals surface area (Å²) in [6.07, 6.45) is -0.122. The number of hydrogen-bond donors (Lipinski definition) is 3. The molecule has 0 aromatic heterocycles. The summed E-state index contributed by atoms with van der Waals surface area (Å²) in [5.41, 5.74) is 10.6. The van der Waals surface area contributed by atoms with Crippen molar-refractivity contribution in [2.45, 2.75) is 11.3 Å². The topological polar surface area (TPSA) is 115 Å². The van der Waals surface area contributed by atoms with E-state index in [-0.39, 0.29) is 33.6 Å². The van der Waals surface area contributed by atoms with Gasteiger partial charge in [0.25, 0.3) is 0 Å². The van der Waals surface area contributed by atoms with Crippen LogP contribution in [0.1, 0.15) is 6.42 Å². The number of hydrogen-bond acceptors (Lipinski definition) is 4. The summed E-state index contributed by atoms with van der Waals surface area (Å²) in [6, 6.07) is 2.55. The highest BCUT2D eigenvalue weighted by atomic mass is 35.5. The van der Waals surface area contributed by atoms with E-state index in [1.807, 2.05) is 0 Å². The first kappa shape index (κ1) is 15.0. The number of nitrogen functional groups attached to an aromatic ring is 1. The number of carbonyl (C=O) groups excluding carboxylic acids is 1. The molecule has 1 aromatic rings. The molecule has 0 heterocycles. The van der Waals surface area contributed by atoms with Crippen molar-refractivity contribution in [3.05, 3.63) is 22.2 Å². The average molecular weight is 312 g/mol. The molecule has 0 unspecified atom stereocenters. The predicted octanol–water partition coefficient (Wildman–Crippen LogP) is 0.729. The molecule has 100 valence electrons. The largest absolute Gasteiger partial charge is 0.399 e. The Kier molecular flexibility index (Phi) is 4.80. The van der Waals surface area contributed by atoms with Gasteiger partial charge in [0.15, 0.2) is 0 Å². The average Bonchev–Trinajstić information content (AvgIpc) is 2.13. The van der Waals surface area contributed by atoms with Crippen LogP contribution in [0.15, 0.2) is 17.0 Å². The third-order valence-corrected chi connectivity index (χ3v) is 4.33. The highest BCUT2D eigenvalue weighted by Crippen LogP contribution is 2.31. The summed E-state index contributed by atoms with van der Waals surface area (Å²) in [5, 5.41) is -0.182. The Morgan fingerprint density at radius 2 is 1.78 bits per heavy atom. The maximum Gasteiger partial charge on any atom is 0.243 e. The highest BCUT2D eigenvalue weighted by molar-refractivity contribution is 7.89. The van der Waals surface area contributed by atoms with Crippen LogP contribution in [0.2, 0.25) is 10.0 Å². The van der Waals surface area contributed by atoms with Crippen LogP contribution in [0.5, 0.6) is 0 Å². The van der Waals surface area contributed by atoms with E-state index in [0.717, 1.165) is 0 Å². The fraction of sp³-hybridized carbons (Fsp3) is 0.222. The van der Waals surface area contributed by atoms with E-state index in [2.05, 4.69) is 4.72 Å². The minimum absolute atomic E-state index is 0.0911. The number of nitrogens with two attached hydrogens (primary N) is 2. The molecule has 0 aliphatic rings. The number of benzene rings is 1. The summed E-state index contributed by atoms with van der Waals surface area (Å²) < 4.78 is 26.0. The van der Waals surface area contributed by atoms with Crippen LogP contribution in [0, 0.1) is 0 Å². The van der Waals surface area contributed by atoms with Crippen molar-refractivity contribution in [1.29, 1.82) is 0 Å². The summed E-state index contributed by atoms with van der Waals surface area (Å²) >= 11 is 11.6. The Morgan fingerprint density at radius 3 is 2.22 bits per heavy atom. The van der Waals surface area contributed by atoms with Gasteiger partial charge in [-0.25, -0.2) is 13.1 Å². The van der Waals surface area contributed by atoms with Crippen molar-refractivity contribution >= 4 is 44.8 Å². The first-order valence-electron chi connectivity index (χ1n) is 4.76.